The number of aliphatic hydroxyl groups excluding tert-OH is 3. The maximum atomic E-state index is 12.4. The number of ether oxygens (including phenoxy) is 1. The van der Waals surface area contributed by atoms with Crippen LogP contribution in [0.2, 0.25) is 0 Å². The summed E-state index contributed by atoms with van der Waals surface area (Å²) in [6, 6.07) is 0. The van der Waals surface area contributed by atoms with Gasteiger partial charge in [0.2, 0.25) is 0 Å². The summed E-state index contributed by atoms with van der Waals surface area (Å²) in [4.78, 5) is 12.5. The number of nitrogens with zero attached hydrogens (tertiary/aromatic N) is 1. The minimum absolute atomic E-state index is 0.0440. The molecule has 1 amide bonds. The fraction of sp³-hybridized carbons (Fsp3) is 0.923. The molecule has 0 unspecified atom stereocenters. The smallest absolute Gasteiger partial charge is 0.415 e. The lowest BCUT2D eigenvalue weighted by Gasteiger charge is -2.28. The average molecular weight is 346 g/mol. The predicted molar refractivity (Wildman–Crippen MR) is 75.8 cm³/mol. The van der Waals surface area contributed by atoms with E-state index < -0.39 is 43.2 Å². The molecule has 4 N–H and O–H groups in total. The molecule has 23 heavy (non-hydrogen) atoms. The normalized spacial score (nSPS) is 15.4. The summed E-state index contributed by atoms with van der Waals surface area (Å²) in [5.74, 6) is 0. The van der Waals surface area contributed by atoms with Gasteiger partial charge in [0, 0.05) is 26.2 Å². The van der Waals surface area contributed by atoms with Gasteiger partial charge in [0.05, 0.1) is 12.7 Å². The number of aliphatic hydroxyl groups is 3. The van der Waals surface area contributed by atoms with Crippen LogP contribution in [0.15, 0.2) is 0 Å². The van der Waals surface area contributed by atoms with Crippen LogP contribution in [0.25, 0.3) is 0 Å². The van der Waals surface area contributed by atoms with Gasteiger partial charge in [0.1, 0.15) is 5.60 Å². The molecule has 0 radical (unpaired) electrons. The minimum Gasteiger partial charge on any atom is -0.444 e. The quantitative estimate of drug-likeness (QED) is 0.497. The Morgan fingerprint density at radius 3 is 2.22 bits per heavy atom. The van der Waals surface area contributed by atoms with E-state index in [1.54, 1.807) is 20.8 Å². The average Bonchev–Trinajstić information content (AvgIpc) is 2.34. The summed E-state index contributed by atoms with van der Waals surface area (Å²) in [6.07, 6.45) is -9.36. The van der Waals surface area contributed by atoms with Gasteiger partial charge >= 0.3 is 12.3 Å². The van der Waals surface area contributed by atoms with Crippen LogP contribution in [-0.4, -0.2) is 83.1 Å². The summed E-state index contributed by atoms with van der Waals surface area (Å²) >= 11 is 0. The van der Waals surface area contributed by atoms with E-state index in [-0.39, 0.29) is 19.6 Å². The highest BCUT2D eigenvalue weighted by Crippen LogP contribution is 2.20. The van der Waals surface area contributed by atoms with Gasteiger partial charge in [0.15, 0.2) is 6.10 Å². The Hall–Kier alpha value is -1.10. The summed E-state index contributed by atoms with van der Waals surface area (Å²) in [5.41, 5.74) is -0.705. The number of amides is 1. The molecule has 7 nitrogen and oxygen atoms in total. The SMILES string of the molecule is CC(C)(C)OC(=O)NCCN(C[C@H](O)CO)C[C@@H](O)C(F)(F)F. The molecule has 0 bridgehead atoms. The van der Waals surface area contributed by atoms with Crippen molar-refractivity contribution in [1.29, 1.82) is 0 Å². The maximum Gasteiger partial charge on any atom is 0.415 e. The molecular formula is C13H25F3N2O5. The van der Waals surface area contributed by atoms with Crippen molar-refractivity contribution in [3.63, 3.8) is 0 Å². The largest absolute Gasteiger partial charge is 0.444 e. The van der Waals surface area contributed by atoms with Gasteiger partial charge in [-0.15, -0.1) is 0 Å². The molecule has 0 saturated carbocycles. The van der Waals surface area contributed by atoms with Crippen molar-refractivity contribution >= 4 is 6.09 Å². The molecule has 0 saturated heterocycles. The second-order valence-corrected chi connectivity index (χ2v) is 6.08. The number of rotatable bonds is 8. The molecule has 0 heterocycles. The molecule has 0 aliphatic carbocycles. The number of carbonyl (C=O) groups excluding carboxylic acids is 1. The molecule has 138 valence electrons. The molecule has 0 rings (SSSR count). The molecule has 2 atom stereocenters. The Morgan fingerprint density at radius 2 is 1.78 bits per heavy atom. The Labute approximate surface area is 133 Å². The number of halogens is 3. The fourth-order valence-electron chi connectivity index (χ4n) is 1.59. The van der Waals surface area contributed by atoms with Crippen molar-refractivity contribution in [3.05, 3.63) is 0 Å². The first-order chi connectivity index (χ1) is 10.3. The van der Waals surface area contributed by atoms with Crippen LogP contribution in [0.4, 0.5) is 18.0 Å². The molecular weight excluding hydrogens is 321 g/mol. The van der Waals surface area contributed by atoms with E-state index in [0.717, 1.165) is 4.90 Å². The maximum absolute atomic E-state index is 12.4. The minimum atomic E-state index is -4.79. The van der Waals surface area contributed by atoms with Crippen molar-refractivity contribution in [3.8, 4) is 0 Å². The molecule has 0 aliphatic rings. The summed E-state index contributed by atoms with van der Waals surface area (Å²) in [7, 11) is 0. The van der Waals surface area contributed by atoms with E-state index in [4.69, 9.17) is 14.9 Å². The molecule has 10 heteroatoms. The van der Waals surface area contributed by atoms with Crippen LogP contribution in [-0.2, 0) is 4.74 Å². The zero-order chi connectivity index (χ0) is 18.3. The second-order valence-electron chi connectivity index (χ2n) is 6.08. The first kappa shape index (κ1) is 21.9. The molecule has 0 spiro atoms. The predicted octanol–water partition coefficient (Wildman–Crippen LogP) is 0.0895. The van der Waals surface area contributed by atoms with Crippen LogP contribution in [0.5, 0.6) is 0 Å². The topological polar surface area (TPSA) is 102 Å². The number of alkyl halides is 3. The van der Waals surface area contributed by atoms with Gasteiger partial charge in [-0.1, -0.05) is 0 Å². The number of carbonyl (C=O) groups is 1. The summed E-state index contributed by atoms with van der Waals surface area (Å²) in [5, 5.41) is 29.5. The fourth-order valence-corrected chi connectivity index (χ4v) is 1.59. The number of alkyl carbamates (subject to hydrolysis) is 1. The van der Waals surface area contributed by atoms with Gasteiger partial charge in [0.25, 0.3) is 0 Å². The highest BCUT2D eigenvalue weighted by molar-refractivity contribution is 5.67. The highest BCUT2D eigenvalue weighted by atomic mass is 19.4. The number of hydrogen-bond donors (Lipinski definition) is 4. The first-order valence-electron chi connectivity index (χ1n) is 7.08. The Morgan fingerprint density at radius 1 is 1.22 bits per heavy atom. The third kappa shape index (κ3) is 11.1. The lowest BCUT2D eigenvalue weighted by Crippen LogP contribution is -2.47. The lowest BCUT2D eigenvalue weighted by atomic mass is 10.2. The number of hydrogen-bond acceptors (Lipinski definition) is 6. The van der Waals surface area contributed by atoms with Crippen molar-refractivity contribution in [2.24, 2.45) is 0 Å². The Kier molecular flexibility index (Phi) is 8.82. The zero-order valence-corrected chi connectivity index (χ0v) is 13.4. The van der Waals surface area contributed by atoms with Crippen molar-refractivity contribution in [2.45, 2.75) is 44.8 Å². The lowest BCUT2D eigenvalue weighted by molar-refractivity contribution is -0.208. The van der Waals surface area contributed by atoms with Crippen LogP contribution in [0.1, 0.15) is 20.8 Å². The first-order valence-corrected chi connectivity index (χ1v) is 7.08. The van der Waals surface area contributed by atoms with E-state index in [0.29, 0.717) is 0 Å². The standard InChI is InChI=1S/C13H25F3N2O5/c1-12(2,3)23-11(22)17-4-5-18(6-9(20)8-19)7-10(21)13(14,15)16/h9-10,19-21H,4-8H2,1-3H3,(H,17,22)/t9-,10+/m0/s1. The van der Waals surface area contributed by atoms with Gasteiger partial charge in [-0.3, -0.25) is 4.90 Å². The van der Waals surface area contributed by atoms with Crippen LogP contribution >= 0.6 is 0 Å². The van der Waals surface area contributed by atoms with Crippen molar-refractivity contribution in [2.75, 3.05) is 32.8 Å². The monoisotopic (exact) mass is 346 g/mol. The molecule has 0 fully saturated rings. The molecule has 0 aromatic rings. The highest BCUT2D eigenvalue weighted by Gasteiger charge is 2.39. The molecule has 0 aromatic carbocycles. The van der Waals surface area contributed by atoms with Crippen LogP contribution in [0, 0.1) is 0 Å². The van der Waals surface area contributed by atoms with E-state index in [1.807, 2.05) is 0 Å². The summed E-state index contributed by atoms with van der Waals surface area (Å²) < 4.78 is 42.1. The van der Waals surface area contributed by atoms with E-state index in [9.17, 15) is 23.1 Å². The Bertz CT molecular complexity index is 360. The third-order valence-corrected chi connectivity index (χ3v) is 2.58. The zero-order valence-electron chi connectivity index (χ0n) is 13.4. The van der Waals surface area contributed by atoms with Gasteiger partial charge in [-0.25, -0.2) is 4.79 Å². The van der Waals surface area contributed by atoms with Crippen molar-refractivity contribution < 1.29 is 38.0 Å². The second kappa shape index (κ2) is 9.26. The number of nitrogens with one attached hydrogen (secondary N) is 1. The van der Waals surface area contributed by atoms with Crippen LogP contribution < -0.4 is 5.32 Å². The summed E-state index contributed by atoms with van der Waals surface area (Å²) in [6.45, 7) is 3.19. The Balaban J connectivity index is 4.45. The van der Waals surface area contributed by atoms with Crippen molar-refractivity contribution in [1.82, 2.24) is 10.2 Å². The molecule has 0 aromatic heterocycles. The third-order valence-electron chi connectivity index (χ3n) is 2.58. The van der Waals surface area contributed by atoms with Gasteiger partial charge in [-0.05, 0) is 20.8 Å². The van der Waals surface area contributed by atoms with Crippen LogP contribution in [0.3, 0.4) is 0 Å². The van der Waals surface area contributed by atoms with Gasteiger partial charge in [-0.2, -0.15) is 13.2 Å². The van der Waals surface area contributed by atoms with Gasteiger partial charge < -0.3 is 25.4 Å². The van der Waals surface area contributed by atoms with E-state index >= 15 is 0 Å². The van der Waals surface area contributed by atoms with E-state index in [2.05, 4.69) is 5.32 Å². The van der Waals surface area contributed by atoms with E-state index in [1.165, 1.54) is 0 Å². The molecule has 0 aliphatic heterocycles.